The third kappa shape index (κ3) is 3.52. The lowest BCUT2D eigenvalue weighted by molar-refractivity contribution is 0.402. The summed E-state index contributed by atoms with van der Waals surface area (Å²) in [6.45, 7) is 5.58. The number of nitrogens with one attached hydrogen (secondary N) is 1. The molecule has 3 rings (SSSR count). The van der Waals surface area contributed by atoms with Crippen molar-refractivity contribution >= 4 is 15.8 Å². The van der Waals surface area contributed by atoms with E-state index in [0.717, 1.165) is 17.0 Å². The van der Waals surface area contributed by atoms with Crippen LogP contribution >= 0.6 is 0 Å². The Balaban J connectivity index is 1.98. The molecule has 3 aromatic rings. The molecule has 0 saturated heterocycles. The fourth-order valence-electron chi connectivity index (χ4n) is 2.57. The number of aryl methyl sites for hydroxylation is 3. The Morgan fingerprint density at radius 1 is 1.08 bits per heavy atom. The van der Waals surface area contributed by atoms with E-state index >= 15 is 0 Å². The number of methoxy groups -OCH3 is 1. The Bertz CT molecular complexity index is 1060. The van der Waals surface area contributed by atoms with Gasteiger partial charge in [-0.25, -0.2) is 23.1 Å². The maximum Gasteiger partial charge on any atom is 0.266 e. The average molecular weight is 373 g/mol. The van der Waals surface area contributed by atoms with Crippen molar-refractivity contribution in [3.63, 3.8) is 0 Å². The second kappa shape index (κ2) is 6.75. The Morgan fingerprint density at radius 3 is 2.50 bits per heavy atom. The summed E-state index contributed by atoms with van der Waals surface area (Å²) in [4.78, 5) is 8.22. The van der Waals surface area contributed by atoms with Gasteiger partial charge in [-0.05, 0) is 44.5 Å². The number of benzene rings is 1. The van der Waals surface area contributed by atoms with Crippen LogP contribution in [0.25, 0.3) is 5.82 Å². The SMILES string of the molecule is COc1ccc(C)cc1S(=O)(=O)Nc1cc(-n2nc(C)cc2C)ncn1. The maximum atomic E-state index is 12.8. The Labute approximate surface area is 151 Å². The molecule has 0 aliphatic rings. The number of ether oxygens (including phenoxy) is 1. The standard InChI is InChI=1S/C17H19N5O3S/c1-11-5-6-14(25-4)15(7-11)26(23,24)21-16-9-17(19-10-18-16)22-13(3)8-12(2)20-22/h5-10H,1-4H3,(H,18,19,21). The summed E-state index contributed by atoms with van der Waals surface area (Å²) >= 11 is 0. The number of anilines is 1. The fraction of sp³-hybridized carbons (Fsp3) is 0.235. The Kier molecular flexibility index (Phi) is 4.64. The van der Waals surface area contributed by atoms with E-state index < -0.39 is 10.0 Å². The van der Waals surface area contributed by atoms with Gasteiger partial charge in [0.1, 0.15) is 22.8 Å². The topological polar surface area (TPSA) is 99.0 Å². The number of sulfonamides is 1. The highest BCUT2D eigenvalue weighted by Gasteiger charge is 2.21. The van der Waals surface area contributed by atoms with Gasteiger partial charge in [0.2, 0.25) is 0 Å². The maximum absolute atomic E-state index is 12.8. The quantitative estimate of drug-likeness (QED) is 0.737. The highest BCUT2D eigenvalue weighted by Crippen LogP contribution is 2.26. The van der Waals surface area contributed by atoms with Gasteiger partial charge >= 0.3 is 0 Å². The van der Waals surface area contributed by atoms with Gasteiger partial charge in [0.25, 0.3) is 10.0 Å². The van der Waals surface area contributed by atoms with E-state index in [-0.39, 0.29) is 16.5 Å². The second-order valence-corrected chi connectivity index (χ2v) is 7.51. The Hall–Kier alpha value is -2.94. The molecule has 0 unspecified atom stereocenters. The minimum atomic E-state index is -3.88. The smallest absolute Gasteiger partial charge is 0.266 e. The molecule has 1 aromatic carbocycles. The summed E-state index contributed by atoms with van der Waals surface area (Å²) < 4.78 is 34.8. The normalized spacial score (nSPS) is 11.4. The van der Waals surface area contributed by atoms with Crippen molar-refractivity contribution < 1.29 is 13.2 Å². The number of hydrogen-bond donors (Lipinski definition) is 1. The molecule has 8 nitrogen and oxygen atoms in total. The zero-order chi connectivity index (χ0) is 18.9. The molecular weight excluding hydrogens is 354 g/mol. The molecule has 0 aliphatic carbocycles. The molecule has 26 heavy (non-hydrogen) atoms. The lowest BCUT2D eigenvalue weighted by atomic mass is 10.2. The van der Waals surface area contributed by atoms with E-state index in [0.29, 0.717) is 5.82 Å². The molecule has 9 heteroatoms. The lowest BCUT2D eigenvalue weighted by Crippen LogP contribution is -2.16. The molecule has 0 atom stereocenters. The molecule has 0 radical (unpaired) electrons. The van der Waals surface area contributed by atoms with E-state index in [1.807, 2.05) is 26.8 Å². The number of hydrogen-bond acceptors (Lipinski definition) is 6. The van der Waals surface area contributed by atoms with Crippen LogP contribution in [0.15, 0.2) is 41.6 Å². The van der Waals surface area contributed by atoms with Gasteiger partial charge in [-0.1, -0.05) is 6.07 Å². The van der Waals surface area contributed by atoms with Crippen molar-refractivity contribution in [2.45, 2.75) is 25.7 Å². The van der Waals surface area contributed by atoms with Crippen molar-refractivity contribution in [2.75, 3.05) is 11.8 Å². The largest absolute Gasteiger partial charge is 0.495 e. The van der Waals surface area contributed by atoms with Crippen molar-refractivity contribution in [3.8, 4) is 11.6 Å². The van der Waals surface area contributed by atoms with Crippen LogP contribution in [-0.4, -0.2) is 35.3 Å². The molecule has 0 bridgehead atoms. The van der Waals surface area contributed by atoms with E-state index in [4.69, 9.17) is 4.74 Å². The van der Waals surface area contributed by atoms with E-state index in [1.54, 1.807) is 22.9 Å². The van der Waals surface area contributed by atoms with Crippen LogP contribution in [0.3, 0.4) is 0 Å². The van der Waals surface area contributed by atoms with Crippen molar-refractivity contribution in [3.05, 3.63) is 53.6 Å². The van der Waals surface area contributed by atoms with Gasteiger partial charge < -0.3 is 4.74 Å². The summed E-state index contributed by atoms with van der Waals surface area (Å²) in [7, 11) is -2.45. The first-order valence-electron chi connectivity index (χ1n) is 7.83. The number of rotatable bonds is 5. The third-order valence-electron chi connectivity index (χ3n) is 3.73. The minimum absolute atomic E-state index is 0.0475. The van der Waals surface area contributed by atoms with Crippen molar-refractivity contribution in [1.82, 2.24) is 19.7 Å². The minimum Gasteiger partial charge on any atom is -0.495 e. The predicted octanol–water partition coefficient (Wildman–Crippen LogP) is 2.40. The van der Waals surface area contributed by atoms with E-state index in [9.17, 15) is 8.42 Å². The van der Waals surface area contributed by atoms with Gasteiger partial charge in [-0.3, -0.25) is 4.72 Å². The van der Waals surface area contributed by atoms with Gasteiger partial charge in [0.05, 0.1) is 12.8 Å². The third-order valence-corrected chi connectivity index (χ3v) is 5.10. The molecule has 0 saturated carbocycles. The molecule has 1 N–H and O–H groups in total. The van der Waals surface area contributed by atoms with Crippen LogP contribution in [-0.2, 0) is 10.0 Å². The van der Waals surface area contributed by atoms with E-state index in [2.05, 4.69) is 19.8 Å². The first kappa shape index (κ1) is 17.9. The molecule has 0 fully saturated rings. The zero-order valence-corrected chi connectivity index (χ0v) is 15.7. The predicted molar refractivity (Wildman–Crippen MR) is 97.2 cm³/mol. The number of nitrogens with zero attached hydrogens (tertiary/aromatic N) is 4. The molecule has 0 aliphatic heterocycles. The monoisotopic (exact) mass is 373 g/mol. The van der Waals surface area contributed by atoms with Crippen molar-refractivity contribution in [2.24, 2.45) is 0 Å². The van der Waals surface area contributed by atoms with Crippen LogP contribution in [0.4, 0.5) is 5.82 Å². The first-order chi connectivity index (χ1) is 12.3. The molecular formula is C17H19N5O3S. The Morgan fingerprint density at radius 2 is 1.85 bits per heavy atom. The summed E-state index contributed by atoms with van der Waals surface area (Å²) in [5, 5.41) is 4.34. The molecule has 2 heterocycles. The van der Waals surface area contributed by atoms with Gasteiger partial charge in [-0.2, -0.15) is 5.10 Å². The van der Waals surface area contributed by atoms with Crippen LogP contribution in [0.5, 0.6) is 5.75 Å². The van der Waals surface area contributed by atoms with Gasteiger partial charge in [0, 0.05) is 11.8 Å². The molecule has 0 amide bonds. The van der Waals surface area contributed by atoms with Gasteiger partial charge in [-0.15, -0.1) is 0 Å². The summed E-state index contributed by atoms with van der Waals surface area (Å²) in [6, 6.07) is 8.38. The first-order valence-corrected chi connectivity index (χ1v) is 9.31. The molecule has 0 spiro atoms. The molecule has 2 aromatic heterocycles. The highest BCUT2D eigenvalue weighted by atomic mass is 32.2. The number of aromatic nitrogens is 4. The van der Waals surface area contributed by atoms with Crippen LogP contribution in [0, 0.1) is 20.8 Å². The van der Waals surface area contributed by atoms with Gasteiger partial charge in [0.15, 0.2) is 5.82 Å². The lowest BCUT2D eigenvalue weighted by Gasteiger charge is -2.12. The van der Waals surface area contributed by atoms with Crippen LogP contribution in [0.1, 0.15) is 17.0 Å². The molecule has 136 valence electrons. The zero-order valence-electron chi connectivity index (χ0n) is 14.9. The fourth-order valence-corrected chi connectivity index (χ4v) is 3.82. The van der Waals surface area contributed by atoms with Crippen LogP contribution in [0.2, 0.25) is 0 Å². The van der Waals surface area contributed by atoms with Crippen LogP contribution < -0.4 is 9.46 Å². The summed E-state index contributed by atoms with van der Waals surface area (Å²) in [6.07, 6.45) is 1.29. The second-order valence-electron chi connectivity index (χ2n) is 5.86. The van der Waals surface area contributed by atoms with Crippen molar-refractivity contribution in [1.29, 1.82) is 0 Å². The summed E-state index contributed by atoms with van der Waals surface area (Å²) in [5.74, 6) is 0.876. The highest BCUT2D eigenvalue weighted by molar-refractivity contribution is 7.92. The van der Waals surface area contributed by atoms with E-state index in [1.165, 1.54) is 19.5 Å². The average Bonchev–Trinajstić information content (AvgIpc) is 2.93. The summed E-state index contributed by atoms with van der Waals surface area (Å²) in [5.41, 5.74) is 2.53.